The first-order valence-corrected chi connectivity index (χ1v) is 6.01. The van der Waals surface area contributed by atoms with Gasteiger partial charge in [0, 0.05) is 17.6 Å². The van der Waals surface area contributed by atoms with Gasteiger partial charge in [0.15, 0.2) is 0 Å². The Hall–Kier alpha value is -1.36. The monoisotopic (exact) mass is 240 g/mol. The van der Waals surface area contributed by atoms with Crippen molar-refractivity contribution in [2.45, 2.75) is 11.8 Å². The number of amides is 1. The number of benzene rings is 1. The average molecular weight is 240 g/mol. The molecule has 0 bridgehead atoms. The van der Waals surface area contributed by atoms with Gasteiger partial charge in [0.25, 0.3) is 0 Å². The lowest BCUT2D eigenvalue weighted by Gasteiger charge is -2.08. The molecule has 1 rings (SSSR count). The van der Waals surface area contributed by atoms with E-state index in [9.17, 15) is 4.79 Å². The van der Waals surface area contributed by atoms with Gasteiger partial charge in [-0.25, -0.2) is 0 Å². The van der Waals surface area contributed by atoms with Crippen LogP contribution in [0.15, 0.2) is 23.1 Å². The standard InChI is InChI=1S/C11H16N2O2S/c1-3-15-8-4-5-9(12)10(6-8)16-7-11(14)13-2/h4-6H,3,7,12H2,1-2H3,(H,13,14). The van der Waals surface area contributed by atoms with Crippen LogP contribution in [0.5, 0.6) is 5.75 Å². The summed E-state index contributed by atoms with van der Waals surface area (Å²) in [6, 6.07) is 5.46. The quantitative estimate of drug-likeness (QED) is 0.605. The number of nitrogen functional groups attached to an aromatic ring is 1. The molecule has 0 aliphatic carbocycles. The third-order valence-electron chi connectivity index (χ3n) is 1.93. The largest absolute Gasteiger partial charge is 0.494 e. The van der Waals surface area contributed by atoms with Gasteiger partial charge in [0.2, 0.25) is 5.91 Å². The van der Waals surface area contributed by atoms with Gasteiger partial charge in [-0.3, -0.25) is 4.79 Å². The Labute approximate surface area is 99.5 Å². The van der Waals surface area contributed by atoms with E-state index in [1.807, 2.05) is 19.1 Å². The summed E-state index contributed by atoms with van der Waals surface area (Å²) < 4.78 is 5.37. The predicted octanol–water partition coefficient (Wildman–Crippen LogP) is 1.51. The molecule has 3 N–H and O–H groups in total. The molecule has 0 unspecified atom stereocenters. The molecule has 0 fully saturated rings. The number of thioether (sulfide) groups is 1. The number of anilines is 1. The van der Waals surface area contributed by atoms with Gasteiger partial charge in [0.1, 0.15) is 5.75 Å². The molecule has 0 aliphatic heterocycles. The van der Waals surface area contributed by atoms with Crippen LogP contribution >= 0.6 is 11.8 Å². The fraction of sp³-hybridized carbons (Fsp3) is 0.364. The van der Waals surface area contributed by atoms with Crippen LogP contribution in [0, 0.1) is 0 Å². The highest BCUT2D eigenvalue weighted by Gasteiger charge is 2.05. The molecule has 88 valence electrons. The maximum atomic E-state index is 11.1. The van der Waals surface area contributed by atoms with E-state index in [4.69, 9.17) is 10.5 Å². The van der Waals surface area contributed by atoms with E-state index in [0.717, 1.165) is 10.6 Å². The first kappa shape index (κ1) is 12.7. The Morgan fingerprint density at radius 3 is 2.94 bits per heavy atom. The van der Waals surface area contributed by atoms with E-state index in [2.05, 4.69) is 5.32 Å². The number of ether oxygens (including phenoxy) is 1. The highest BCUT2D eigenvalue weighted by atomic mass is 32.2. The maximum Gasteiger partial charge on any atom is 0.230 e. The number of carbonyl (C=O) groups excluding carboxylic acids is 1. The molecule has 16 heavy (non-hydrogen) atoms. The van der Waals surface area contributed by atoms with Crippen molar-refractivity contribution < 1.29 is 9.53 Å². The molecule has 0 atom stereocenters. The van der Waals surface area contributed by atoms with Crippen LogP contribution in [0.4, 0.5) is 5.69 Å². The fourth-order valence-corrected chi connectivity index (χ4v) is 1.98. The lowest BCUT2D eigenvalue weighted by atomic mass is 10.3. The van der Waals surface area contributed by atoms with Crippen molar-refractivity contribution in [3.63, 3.8) is 0 Å². The lowest BCUT2D eigenvalue weighted by molar-refractivity contribution is -0.118. The second-order valence-electron chi connectivity index (χ2n) is 3.09. The molecule has 0 aromatic heterocycles. The first-order chi connectivity index (χ1) is 7.67. The summed E-state index contributed by atoms with van der Waals surface area (Å²) in [6.07, 6.45) is 0. The number of nitrogens with two attached hydrogens (primary N) is 1. The normalized spacial score (nSPS) is 9.88. The van der Waals surface area contributed by atoms with Gasteiger partial charge in [-0.05, 0) is 25.1 Å². The Bertz CT molecular complexity index is 369. The van der Waals surface area contributed by atoms with Crippen molar-refractivity contribution in [1.82, 2.24) is 5.32 Å². The van der Waals surface area contributed by atoms with Gasteiger partial charge < -0.3 is 15.8 Å². The minimum Gasteiger partial charge on any atom is -0.494 e. The number of hydrogen-bond acceptors (Lipinski definition) is 4. The summed E-state index contributed by atoms with van der Waals surface area (Å²) in [5, 5.41) is 2.56. The Kier molecular flexibility index (Phi) is 4.98. The molecule has 0 heterocycles. The summed E-state index contributed by atoms with van der Waals surface area (Å²) >= 11 is 1.40. The molecule has 0 aliphatic rings. The zero-order chi connectivity index (χ0) is 12.0. The molecule has 1 aromatic rings. The van der Waals surface area contributed by atoms with Crippen LogP contribution in [0.3, 0.4) is 0 Å². The summed E-state index contributed by atoms with van der Waals surface area (Å²) in [6.45, 7) is 2.54. The zero-order valence-corrected chi connectivity index (χ0v) is 10.3. The van der Waals surface area contributed by atoms with Gasteiger partial charge >= 0.3 is 0 Å². The zero-order valence-electron chi connectivity index (χ0n) is 9.45. The van der Waals surface area contributed by atoms with Crippen molar-refractivity contribution in [3.8, 4) is 5.75 Å². The maximum absolute atomic E-state index is 11.1. The van der Waals surface area contributed by atoms with Crippen molar-refractivity contribution in [2.75, 3.05) is 25.1 Å². The summed E-state index contributed by atoms with van der Waals surface area (Å²) in [4.78, 5) is 12.0. The Morgan fingerprint density at radius 1 is 1.56 bits per heavy atom. The molecule has 5 heteroatoms. The Balaban J connectivity index is 2.70. The van der Waals surface area contributed by atoms with Crippen molar-refractivity contribution in [2.24, 2.45) is 0 Å². The Morgan fingerprint density at radius 2 is 2.31 bits per heavy atom. The van der Waals surface area contributed by atoms with Crippen LogP contribution in [0.25, 0.3) is 0 Å². The molecule has 0 saturated heterocycles. The van der Waals surface area contributed by atoms with Crippen LogP contribution in [0.2, 0.25) is 0 Å². The molecular formula is C11H16N2O2S. The van der Waals surface area contributed by atoms with Crippen molar-refractivity contribution in [3.05, 3.63) is 18.2 Å². The second kappa shape index (κ2) is 6.27. The second-order valence-corrected chi connectivity index (χ2v) is 4.11. The summed E-state index contributed by atoms with van der Waals surface area (Å²) in [5.74, 6) is 1.11. The minimum atomic E-state index is -0.0220. The molecular weight excluding hydrogens is 224 g/mol. The van der Waals surface area contributed by atoms with E-state index in [1.54, 1.807) is 13.1 Å². The molecule has 0 radical (unpaired) electrons. The van der Waals surface area contributed by atoms with E-state index >= 15 is 0 Å². The van der Waals surface area contributed by atoms with Gasteiger partial charge in [-0.15, -0.1) is 11.8 Å². The van der Waals surface area contributed by atoms with Crippen LogP contribution in [-0.2, 0) is 4.79 Å². The van der Waals surface area contributed by atoms with Crippen LogP contribution in [-0.4, -0.2) is 25.3 Å². The first-order valence-electron chi connectivity index (χ1n) is 5.03. The van der Waals surface area contributed by atoms with E-state index in [0.29, 0.717) is 18.0 Å². The smallest absolute Gasteiger partial charge is 0.230 e. The van der Waals surface area contributed by atoms with Crippen LogP contribution < -0.4 is 15.8 Å². The van der Waals surface area contributed by atoms with E-state index in [1.165, 1.54) is 11.8 Å². The van der Waals surface area contributed by atoms with Crippen molar-refractivity contribution >= 4 is 23.4 Å². The van der Waals surface area contributed by atoms with E-state index < -0.39 is 0 Å². The third kappa shape index (κ3) is 3.66. The molecule has 0 saturated carbocycles. The summed E-state index contributed by atoms with van der Waals surface area (Å²) in [7, 11) is 1.61. The molecule has 0 spiro atoms. The average Bonchev–Trinajstić information content (AvgIpc) is 2.29. The number of carbonyl (C=O) groups is 1. The minimum absolute atomic E-state index is 0.0220. The topological polar surface area (TPSA) is 64.3 Å². The lowest BCUT2D eigenvalue weighted by Crippen LogP contribution is -2.19. The van der Waals surface area contributed by atoms with Crippen LogP contribution in [0.1, 0.15) is 6.92 Å². The number of hydrogen-bond donors (Lipinski definition) is 2. The predicted molar refractivity (Wildman–Crippen MR) is 66.8 cm³/mol. The van der Waals surface area contributed by atoms with Gasteiger partial charge in [0.05, 0.1) is 12.4 Å². The van der Waals surface area contributed by atoms with E-state index in [-0.39, 0.29) is 5.91 Å². The molecule has 1 amide bonds. The SMILES string of the molecule is CCOc1ccc(N)c(SCC(=O)NC)c1. The fourth-order valence-electron chi connectivity index (χ4n) is 1.11. The summed E-state index contributed by atoms with van der Waals surface area (Å²) in [5.41, 5.74) is 6.47. The highest BCUT2D eigenvalue weighted by molar-refractivity contribution is 8.00. The van der Waals surface area contributed by atoms with Gasteiger partial charge in [-0.1, -0.05) is 0 Å². The number of nitrogens with one attached hydrogen (secondary N) is 1. The van der Waals surface area contributed by atoms with Gasteiger partial charge in [-0.2, -0.15) is 0 Å². The molecule has 4 nitrogen and oxygen atoms in total. The molecule has 1 aromatic carbocycles. The number of rotatable bonds is 5. The van der Waals surface area contributed by atoms with Crippen molar-refractivity contribution in [1.29, 1.82) is 0 Å². The third-order valence-corrected chi connectivity index (χ3v) is 3.00. The highest BCUT2D eigenvalue weighted by Crippen LogP contribution is 2.28.